The van der Waals surface area contributed by atoms with Gasteiger partial charge in [-0.3, -0.25) is 24.2 Å². The molecule has 8 heterocycles. The minimum Gasteiger partial charge on any atom is -0.508 e. The number of phenols is 1. The van der Waals surface area contributed by atoms with E-state index < -0.39 is 11.9 Å². The van der Waals surface area contributed by atoms with E-state index in [9.17, 15) is 14.7 Å². The summed E-state index contributed by atoms with van der Waals surface area (Å²) in [6.07, 6.45) is 9.46. The van der Waals surface area contributed by atoms with Gasteiger partial charge in [0.05, 0.1) is 30.1 Å². The van der Waals surface area contributed by atoms with Crippen molar-refractivity contribution in [2.75, 3.05) is 57.4 Å². The molecule has 4 saturated heterocycles. The first-order valence-electron chi connectivity index (χ1n) is 25.8. The molecule has 4 aliphatic heterocycles. The predicted molar refractivity (Wildman–Crippen MR) is 274 cm³/mol. The first-order chi connectivity index (χ1) is 35.5. The molecule has 380 valence electrons. The first kappa shape index (κ1) is 48.1. The van der Waals surface area contributed by atoms with E-state index >= 15 is 4.39 Å². The number of aromatic nitrogens is 6. The van der Waals surface area contributed by atoms with Gasteiger partial charge in [0.1, 0.15) is 41.2 Å². The molecular weight excluding hydrogens is 930 g/mol. The van der Waals surface area contributed by atoms with Crippen molar-refractivity contribution in [3.8, 4) is 40.2 Å². The zero-order valence-electron chi connectivity index (χ0n) is 41.6. The molecule has 0 radical (unpaired) electrons. The molecule has 4 aromatic heterocycles. The molecule has 73 heavy (non-hydrogen) atoms. The van der Waals surface area contributed by atoms with Gasteiger partial charge in [0.2, 0.25) is 11.8 Å². The molecule has 0 spiro atoms. The number of benzene rings is 3. The van der Waals surface area contributed by atoms with Crippen LogP contribution in [0.5, 0.6) is 17.6 Å². The van der Waals surface area contributed by atoms with Crippen molar-refractivity contribution >= 4 is 39.3 Å². The zero-order chi connectivity index (χ0) is 50.2. The van der Waals surface area contributed by atoms with E-state index in [1.165, 1.54) is 0 Å². The van der Waals surface area contributed by atoms with Crippen molar-refractivity contribution in [2.45, 2.75) is 89.4 Å². The van der Waals surface area contributed by atoms with Gasteiger partial charge >= 0.3 is 6.01 Å². The number of likely N-dealkylation sites (tertiary alicyclic amines) is 2. The second-order valence-electron chi connectivity index (χ2n) is 20.1. The molecule has 3 N–H and O–H groups in total. The highest BCUT2D eigenvalue weighted by Crippen LogP contribution is 2.39. The van der Waals surface area contributed by atoms with E-state index in [4.69, 9.17) is 28.9 Å². The van der Waals surface area contributed by atoms with E-state index in [0.29, 0.717) is 79.1 Å². The van der Waals surface area contributed by atoms with Crippen molar-refractivity contribution in [1.82, 2.24) is 50.3 Å². The van der Waals surface area contributed by atoms with Crippen LogP contribution in [0.15, 0.2) is 83.6 Å². The first-order valence-corrected chi connectivity index (χ1v) is 25.8. The molecule has 4 fully saturated rings. The standard InChI is InChI=1S/C55H62FN11O6/c1-4-35-7-5-8-38-25-41(68)26-43(49(35)38)51-50(56)52-44(29-57-51)53(66-30-39-14-15-40(31-66)60-39)62-55(61-52)71-24-23-65-21-17-34(18-22-65)32-72-47-27-42(73-63-47)28-48(69)67-20-6-9-46(67)54(70)59-33(2)36-10-12-37(13-11-36)45-16-19-58-64(45)3/h5,7-8,10-13,16,19,25-27,29,33-34,39-40,46,60,68H,4,6,9,14-15,17-18,20-24,28,30-32H2,1-3H3,(H,59,70). The van der Waals surface area contributed by atoms with Crippen LogP contribution in [0.4, 0.5) is 10.2 Å². The Morgan fingerprint density at radius 3 is 2.55 bits per heavy atom. The summed E-state index contributed by atoms with van der Waals surface area (Å²) in [6, 6.07) is 20.8. The normalized spacial score (nSPS) is 19.8. The Morgan fingerprint density at radius 1 is 0.973 bits per heavy atom. The average Bonchev–Trinajstić information content (AvgIpc) is 4.24. The van der Waals surface area contributed by atoms with Crippen LogP contribution in [0.1, 0.15) is 75.3 Å². The summed E-state index contributed by atoms with van der Waals surface area (Å²) in [5, 5.41) is 28.1. The zero-order valence-corrected chi connectivity index (χ0v) is 41.6. The van der Waals surface area contributed by atoms with Crippen LogP contribution in [0.2, 0.25) is 0 Å². The molecule has 0 aliphatic carbocycles. The van der Waals surface area contributed by atoms with E-state index in [1.807, 2.05) is 67.2 Å². The molecule has 4 atom stereocenters. The Kier molecular flexibility index (Phi) is 13.7. The number of phenolic OH excluding ortho intramolecular Hbond substituents is 1. The molecule has 4 unspecified atom stereocenters. The Bertz CT molecular complexity index is 3120. The number of carbonyl (C=O) groups is 2. The maximum absolute atomic E-state index is 17.0. The summed E-state index contributed by atoms with van der Waals surface area (Å²) >= 11 is 0. The molecule has 0 saturated carbocycles. The molecule has 11 rings (SSSR count). The van der Waals surface area contributed by atoms with Gasteiger partial charge in [0.25, 0.3) is 5.88 Å². The van der Waals surface area contributed by atoms with Gasteiger partial charge in [-0.2, -0.15) is 15.1 Å². The van der Waals surface area contributed by atoms with Gasteiger partial charge < -0.3 is 39.5 Å². The quantitative estimate of drug-likeness (QED) is 0.0885. The molecule has 18 heteroatoms. The third-order valence-electron chi connectivity index (χ3n) is 15.3. The molecule has 17 nitrogen and oxygen atoms in total. The number of amides is 2. The number of anilines is 1. The summed E-state index contributed by atoms with van der Waals surface area (Å²) in [6.45, 7) is 9.09. The Labute approximate surface area is 423 Å². The van der Waals surface area contributed by atoms with E-state index in [0.717, 1.165) is 97.9 Å². The Morgan fingerprint density at radius 2 is 1.78 bits per heavy atom. The van der Waals surface area contributed by atoms with Gasteiger partial charge in [0.15, 0.2) is 5.82 Å². The topological polar surface area (TPSA) is 189 Å². The minimum atomic E-state index is -0.579. The lowest BCUT2D eigenvalue weighted by atomic mass is 9.95. The molecule has 2 amide bonds. The van der Waals surface area contributed by atoms with E-state index in [2.05, 4.69) is 37.6 Å². The molecule has 2 bridgehead atoms. The van der Waals surface area contributed by atoms with Crippen molar-refractivity contribution in [3.63, 3.8) is 0 Å². The number of piperidine rings is 1. The number of aromatic hydroxyl groups is 1. The van der Waals surface area contributed by atoms with Crippen molar-refractivity contribution in [2.24, 2.45) is 13.0 Å². The fourth-order valence-corrected chi connectivity index (χ4v) is 11.3. The van der Waals surface area contributed by atoms with Crippen LogP contribution in [-0.4, -0.2) is 127 Å². The van der Waals surface area contributed by atoms with Crippen LogP contribution in [0.25, 0.3) is 44.2 Å². The second kappa shape index (κ2) is 20.7. The number of fused-ring (bicyclic) bond motifs is 4. The van der Waals surface area contributed by atoms with Crippen LogP contribution >= 0.6 is 0 Å². The number of hydrogen-bond donors (Lipinski definition) is 3. The number of rotatable bonds is 16. The number of piperazine rings is 1. The van der Waals surface area contributed by atoms with Gasteiger partial charge in [-0.15, -0.1) is 0 Å². The summed E-state index contributed by atoms with van der Waals surface area (Å²) in [4.78, 5) is 47.5. The third kappa shape index (κ3) is 10.1. The highest BCUT2D eigenvalue weighted by Gasteiger charge is 2.36. The number of aryl methyl sites for hydroxylation is 2. The maximum Gasteiger partial charge on any atom is 0.319 e. The minimum absolute atomic E-state index is 0.0165. The van der Waals surface area contributed by atoms with Crippen molar-refractivity contribution in [3.05, 3.63) is 102 Å². The number of hydrogen-bond acceptors (Lipinski definition) is 14. The Balaban J connectivity index is 0.674. The van der Waals surface area contributed by atoms with Gasteiger partial charge in [0, 0.05) is 69.3 Å². The fraction of sp³-hybridized carbons (Fsp3) is 0.436. The SMILES string of the molecule is CCc1cccc2cc(O)cc(-c3ncc4c(N5CC6CCC(C5)N6)nc(OCCN5CCC(COc6cc(CC(=O)N7CCCC7C(=O)NC(C)c7ccc(-c8ccnn8C)cc7)on6)CC5)nc4c3F)c12. The largest absolute Gasteiger partial charge is 0.508 e. The van der Waals surface area contributed by atoms with Crippen molar-refractivity contribution in [1.29, 1.82) is 0 Å². The average molecular weight is 992 g/mol. The lowest BCUT2D eigenvalue weighted by Crippen LogP contribution is -2.51. The third-order valence-corrected chi connectivity index (χ3v) is 15.3. The molecule has 3 aromatic carbocycles. The predicted octanol–water partition coefficient (Wildman–Crippen LogP) is 7.16. The second-order valence-corrected chi connectivity index (χ2v) is 20.1. The van der Waals surface area contributed by atoms with Gasteiger partial charge in [-0.25, -0.2) is 4.39 Å². The van der Waals surface area contributed by atoms with Crippen molar-refractivity contribution < 1.29 is 33.1 Å². The number of halogens is 1. The maximum atomic E-state index is 17.0. The van der Waals surface area contributed by atoms with E-state index in [-0.39, 0.29) is 47.2 Å². The number of ether oxygens (including phenoxy) is 2. The van der Waals surface area contributed by atoms with E-state index in [1.54, 1.807) is 35.5 Å². The van der Waals surface area contributed by atoms with Crippen LogP contribution in [0, 0.1) is 11.7 Å². The van der Waals surface area contributed by atoms with Gasteiger partial charge in [-0.1, -0.05) is 49.4 Å². The summed E-state index contributed by atoms with van der Waals surface area (Å²) in [7, 11) is 1.90. The van der Waals surface area contributed by atoms with Crippen LogP contribution in [-0.2, 0) is 29.5 Å². The highest BCUT2D eigenvalue weighted by molar-refractivity contribution is 6.01. The lowest BCUT2D eigenvalue weighted by Gasteiger charge is -2.34. The fourth-order valence-electron chi connectivity index (χ4n) is 11.3. The van der Waals surface area contributed by atoms with Gasteiger partial charge in [-0.05, 0) is 122 Å². The lowest BCUT2D eigenvalue weighted by molar-refractivity contribution is -0.138. The van der Waals surface area contributed by atoms with Crippen LogP contribution < -0.4 is 25.0 Å². The van der Waals surface area contributed by atoms with Crippen LogP contribution in [0.3, 0.4) is 0 Å². The number of carbonyl (C=O) groups excluding carboxylic acids is 2. The highest BCUT2D eigenvalue weighted by atomic mass is 19.1. The number of pyridine rings is 1. The monoisotopic (exact) mass is 991 g/mol. The molecular formula is C55H62FN11O6. The molecule has 7 aromatic rings. The summed E-state index contributed by atoms with van der Waals surface area (Å²) < 4.78 is 36.8. The summed E-state index contributed by atoms with van der Waals surface area (Å²) in [5.74, 6) is 0.736. The summed E-state index contributed by atoms with van der Waals surface area (Å²) in [5.41, 5.74) is 4.83. The number of nitrogens with one attached hydrogen (secondary N) is 2. The smallest absolute Gasteiger partial charge is 0.319 e. The number of nitrogens with zero attached hydrogens (tertiary/aromatic N) is 9. The molecule has 4 aliphatic rings. The Hall–Kier alpha value is -7.18.